The van der Waals surface area contributed by atoms with Gasteiger partial charge in [-0.25, -0.2) is 0 Å². The highest BCUT2D eigenvalue weighted by Crippen LogP contribution is 1.88. The lowest BCUT2D eigenvalue weighted by atomic mass is 10.3. The van der Waals surface area contributed by atoms with Gasteiger partial charge in [-0.1, -0.05) is 0 Å². The van der Waals surface area contributed by atoms with Crippen LogP contribution in [-0.4, -0.2) is 20.5 Å². The van der Waals surface area contributed by atoms with Gasteiger partial charge in [0.05, 0.1) is 12.7 Å². The Bertz CT molecular complexity index is 146. The van der Waals surface area contributed by atoms with Crippen molar-refractivity contribution in [1.29, 1.82) is 5.26 Å². The molecule has 0 unspecified atom stereocenters. The van der Waals surface area contributed by atoms with Crippen LogP contribution in [0.25, 0.3) is 0 Å². The fourth-order valence-electron chi connectivity index (χ4n) is 0.361. The summed E-state index contributed by atoms with van der Waals surface area (Å²) in [4.78, 5) is 0. The van der Waals surface area contributed by atoms with Crippen LogP contribution in [0, 0.1) is 11.3 Å². The van der Waals surface area contributed by atoms with E-state index in [1.165, 1.54) is 0 Å². The Morgan fingerprint density at radius 3 is 2.90 bits per heavy atom. The summed E-state index contributed by atoms with van der Waals surface area (Å²) >= 11 is 0. The van der Waals surface area contributed by atoms with Gasteiger partial charge in [0, 0.05) is 12.7 Å². The van der Waals surface area contributed by atoms with Crippen molar-refractivity contribution in [2.24, 2.45) is 0 Å². The lowest BCUT2D eigenvalue weighted by Gasteiger charge is -1.96. The first-order chi connectivity index (χ1) is 4.81. The Balaban J connectivity index is 3.27. The SMILES string of the molecule is COCOC/C=C(\C)C#N. The zero-order valence-electron chi connectivity index (χ0n) is 6.26. The van der Waals surface area contributed by atoms with Gasteiger partial charge >= 0.3 is 0 Å². The van der Waals surface area contributed by atoms with E-state index in [-0.39, 0.29) is 6.79 Å². The van der Waals surface area contributed by atoms with E-state index in [0.29, 0.717) is 12.2 Å². The van der Waals surface area contributed by atoms with Crippen molar-refractivity contribution in [2.75, 3.05) is 20.5 Å². The van der Waals surface area contributed by atoms with E-state index in [1.54, 1.807) is 20.1 Å². The minimum absolute atomic E-state index is 0.273. The maximum Gasteiger partial charge on any atom is 0.146 e. The summed E-state index contributed by atoms with van der Waals surface area (Å²) < 4.78 is 9.53. The summed E-state index contributed by atoms with van der Waals surface area (Å²) in [5, 5.41) is 8.29. The largest absolute Gasteiger partial charge is 0.359 e. The molecule has 0 aliphatic heterocycles. The van der Waals surface area contributed by atoms with Gasteiger partial charge in [0.15, 0.2) is 0 Å². The molecule has 0 atom stereocenters. The standard InChI is InChI=1S/C7H11NO2/c1-7(5-8)3-4-10-6-9-2/h3H,4,6H2,1-2H3/b7-3+. The average Bonchev–Trinajstić information content (AvgIpc) is 1.98. The average molecular weight is 141 g/mol. The Hall–Kier alpha value is -0.850. The van der Waals surface area contributed by atoms with Crippen LogP contribution in [0.3, 0.4) is 0 Å². The smallest absolute Gasteiger partial charge is 0.146 e. The second-order valence-corrected chi connectivity index (χ2v) is 1.78. The molecule has 0 aromatic heterocycles. The fourth-order valence-corrected chi connectivity index (χ4v) is 0.361. The van der Waals surface area contributed by atoms with Crippen molar-refractivity contribution < 1.29 is 9.47 Å². The van der Waals surface area contributed by atoms with Crippen molar-refractivity contribution in [1.82, 2.24) is 0 Å². The van der Waals surface area contributed by atoms with Crippen molar-refractivity contribution >= 4 is 0 Å². The predicted octanol–water partition coefficient (Wildman–Crippen LogP) is 1.08. The number of nitrogens with zero attached hydrogens (tertiary/aromatic N) is 1. The normalized spacial score (nSPS) is 11.1. The minimum Gasteiger partial charge on any atom is -0.359 e. The lowest BCUT2D eigenvalue weighted by molar-refractivity contribution is -0.0187. The highest BCUT2D eigenvalue weighted by molar-refractivity contribution is 5.16. The van der Waals surface area contributed by atoms with Crippen molar-refractivity contribution in [3.63, 3.8) is 0 Å². The van der Waals surface area contributed by atoms with Crippen LogP contribution in [0.4, 0.5) is 0 Å². The molecule has 0 heterocycles. The van der Waals surface area contributed by atoms with Gasteiger partial charge in [-0.2, -0.15) is 5.26 Å². The van der Waals surface area contributed by atoms with Gasteiger partial charge in [-0.3, -0.25) is 0 Å². The summed E-state index contributed by atoms with van der Waals surface area (Å²) in [5.74, 6) is 0. The highest BCUT2D eigenvalue weighted by atomic mass is 16.7. The number of rotatable bonds is 4. The molecule has 10 heavy (non-hydrogen) atoms. The van der Waals surface area contributed by atoms with Gasteiger partial charge in [0.2, 0.25) is 0 Å². The van der Waals surface area contributed by atoms with E-state index in [1.807, 2.05) is 6.07 Å². The third-order valence-corrected chi connectivity index (χ3v) is 0.885. The minimum atomic E-state index is 0.273. The zero-order valence-corrected chi connectivity index (χ0v) is 6.26. The summed E-state index contributed by atoms with van der Waals surface area (Å²) in [6.45, 7) is 2.44. The van der Waals surface area contributed by atoms with Gasteiger partial charge in [0.25, 0.3) is 0 Å². The number of allylic oxidation sites excluding steroid dienone is 1. The van der Waals surface area contributed by atoms with Gasteiger partial charge in [-0.15, -0.1) is 0 Å². The van der Waals surface area contributed by atoms with E-state index < -0.39 is 0 Å². The molecule has 0 aromatic rings. The van der Waals surface area contributed by atoms with Crippen LogP contribution in [0.15, 0.2) is 11.6 Å². The molecule has 0 fully saturated rings. The van der Waals surface area contributed by atoms with Crippen LogP contribution in [0.2, 0.25) is 0 Å². The van der Waals surface area contributed by atoms with Crippen molar-refractivity contribution in [3.8, 4) is 6.07 Å². The molecule has 0 saturated carbocycles. The molecule has 3 nitrogen and oxygen atoms in total. The van der Waals surface area contributed by atoms with E-state index >= 15 is 0 Å². The van der Waals surface area contributed by atoms with Gasteiger partial charge < -0.3 is 9.47 Å². The first-order valence-corrected chi connectivity index (χ1v) is 2.94. The molecule has 0 aliphatic carbocycles. The third-order valence-electron chi connectivity index (χ3n) is 0.885. The molecule has 0 spiro atoms. The Labute approximate surface area is 60.9 Å². The monoisotopic (exact) mass is 141 g/mol. The Morgan fingerprint density at radius 1 is 1.70 bits per heavy atom. The zero-order chi connectivity index (χ0) is 7.82. The van der Waals surface area contributed by atoms with E-state index in [9.17, 15) is 0 Å². The molecular weight excluding hydrogens is 130 g/mol. The first-order valence-electron chi connectivity index (χ1n) is 2.94. The van der Waals surface area contributed by atoms with Crippen LogP contribution in [-0.2, 0) is 9.47 Å². The molecule has 0 amide bonds. The summed E-state index contributed by atoms with van der Waals surface area (Å²) in [6.07, 6.45) is 1.71. The first kappa shape index (κ1) is 9.15. The molecule has 0 aliphatic rings. The predicted molar refractivity (Wildman–Crippen MR) is 37.2 cm³/mol. The molecule has 0 radical (unpaired) electrons. The van der Waals surface area contributed by atoms with Crippen LogP contribution in [0.1, 0.15) is 6.92 Å². The molecule has 56 valence electrons. The number of ether oxygens (including phenoxy) is 2. The van der Waals surface area contributed by atoms with Crippen LogP contribution < -0.4 is 0 Å². The molecular formula is C7H11NO2. The molecule has 0 aromatic carbocycles. The Morgan fingerprint density at radius 2 is 2.40 bits per heavy atom. The second kappa shape index (κ2) is 6.27. The highest BCUT2D eigenvalue weighted by Gasteiger charge is 1.83. The molecule has 3 heteroatoms. The number of hydrogen-bond acceptors (Lipinski definition) is 3. The number of methoxy groups -OCH3 is 1. The lowest BCUT2D eigenvalue weighted by Crippen LogP contribution is -1.95. The summed E-state index contributed by atoms with van der Waals surface area (Å²) in [6, 6.07) is 1.98. The van der Waals surface area contributed by atoms with E-state index in [2.05, 4.69) is 4.74 Å². The summed E-state index contributed by atoms with van der Waals surface area (Å²) in [5.41, 5.74) is 0.663. The summed E-state index contributed by atoms with van der Waals surface area (Å²) in [7, 11) is 1.56. The van der Waals surface area contributed by atoms with Crippen LogP contribution >= 0.6 is 0 Å². The van der Waals surface area contributed by atoms with Crippen molar-refractivity contribution in [3.05, 3.63) is 11.6 Å². The number of hydrogen-bond donors (Lipinski definition) is 0. The topological polar surface area (TPSA) is 42.2 Å². The second-order valence-electron chi connectivity index (χ2n) is 1.78. The van der Waals surface area contributed by atoms with Crippen LogP contribution in [0.5, 0.6) is 0 Å². The maximum atomic E-state index is 8.29. The van der Waals surface area contributed by atoms with Crippen molar-refractivity contribution in [2.45, 2.75) is 6.92 Å². The van der Waals surface area contributed by atoms with E-state index in [4.69, 9.17) is 10.00 Å². The third kappa shape index (κ3) is 5.29. The quantitative estimate of drug-likeness (QED) is 0.334. The number of nitriles is 1. The van der Waals surface area contributed by atoms with E-state index in [0.717, 1.165) is 0 Å². The maximum absolute atomic E-state index is 8.29. The fraction of sp³-hybridized carbons (Fsp3) is 0.571. The molecule has 0 rings (SSSR count). The molecule has 0 saturated heterocycles. The molecule has 0 bridgehead atoms. The van der Waals surface area contributed by atoms with Gasteiger partial charge in [-0.05, 0) is 13.0 Å². The molecule has 0 N–H and O–H groups in total. The van der Waals surface area contributed by atoms with Gasteiger partial charge in [0.1, 0.15) is 6.79 Å². The Kier molecular flexibility index (Phi) is 5.74.